The SMILES string of the molecule is CN1CCC(N2CCN(c3c(Cl)cc([N+](=O)[O-])cc3Cl)CC2)CC1. The van der Waals surface area contributed by atoms with E-state index < -0.39 is 4.92 Å². The highest BCUT2D eigenvalue weighted by molar-refractivity contribution is 6.39. The van der Waals surface area contributed by atoms with Crippen LogP contribution in [0.5, 0.6) is 0 Å². The van der Waals surface area contributed by atoms with E-state index in [-0.39, 0.29) is 5.69 Å². The predicted octanol–water partition coefficient (Wildman–Crippen LogP) is 3.12. The number of piperazine rings is 1. The summed E-state index contributed by atoms with van der Waals surface area (Å²) in [5.41, 5.74) is 0.644. The maximum absolute atomic E-state index is 10.9. The fourth-order valence-corrected chi connectivity index (χ4v) is 4.35. The first kappa shape index (κ1) is 17.7. The fraction of sp³-hybridized carbons (Fsp3) is 0.625. The Hall–Kier alpha value is -1.08. The first-order chi connectivity index (χ1) is 11.5. The summed E-state index contributed by atoms with van der Waals surface area (Å²) in [5.74, 6) is 0. The van der Waals surface area contributed by atoms with Crippen molar-refractivity contribution in [2.45, 2.75) is 18.9 Å². The number of nitrogens with zero attached hydrogens (tertiary/aromatic N) is 4. The van der Waals surface area contributed by atoms with E-state index in [1.54, 1.807) is 0 Å². The first-order valence-corrected chi connectivity index (χ1v) is 9.02. The molecule has 0 aliphatic carbocycles. The topological polar surface area (TPSA) is 52.9 Å². The van der Waals surface area contributed by atoms with Crippen LogP contribution in [0.4, 0.5) is 11.4 Å². The number of rotatable bonds is 3. The number of piperidine rings is 1. The van der Waals surface area contributed by atoms with E-state index in [1.807, 2.05) is 0 Å². The summed E-state index contributed by atoms with van der Waals surface area (Å²) in [5, 5.41) is 11.6. The van der Waals surface area contributed by atoms with Crippen molar-refractivity contribution >= 4 is 34.6 Å². The van der Waals surface area contributed by atoms with Gasteiger partial charge in [-0.1, -0.05) is 23.2 Å². The Morgan fingerprint density at radius 1 is 1.04 bits per heavy atom. The van der Waals surface area contributed by atoms with E-state index in [2.05, 4.69) is 21.7 Å². The molecular formula is C16H22Cl2N4O2. The average Bonchev–Trinajstić information content (AvgIpc) is 2.55. The van der Waals surface area contributed by atoms with Crippen LogP contribution in [0.25, 0.3) is 0 Å². The van der Waals surface area contributed by atoms with E-state index in [1.165, 1.54) is 25.0 Å². The van der Waals surface area contributed by atoms with Crippen molar-refractivity contribution < 1.29 is 4.92 Å². The Kier molecular flexibility index (Phi) is 5.49. The lowest BCUT2D eigenvalue weighted by molar-refractivity contribution is -0.384. The van der Waals surface area contributed by atoms with E-state index in [0.717, 1.165) is 39.3 Å². The van der Waals surface area contributed by atoms with Gasteiger partial charge in [-0.25, -0.2) is 0 Å². The molecule has 8 heteroatoms. The molecule has 0 saturated carbocycles. The third kappa shape index (κ3) is 3.77. The summed E-state index contributed by atoms with van der Waals surface area (Å²) < 4.78 is 0. The Bertz CT molecular complexity index is 589. The molecule has 132 valence electrons. The first-order valence-electron chi connectivity index (χ1n) is 8.26. The molecule has 1 aromatic carbocycles. The number of hydrogen-bond acceptors (Lipinski definition) is 5. The molecule has 2 aliphatic heterocycles. The minimum Gasteiger partial charge on any atom is -0.367 e. The second kappa shape index (κ2) is 7.44. The number of non-ortho nitro benzene ring substituents is 1. The molecule has 0 N–H and O–H groups in total. The van der Waals surface area contributed by atoms with Crippen molar-refractivity contribution in [3.8, 4) is 0 Å². The summed E-state index contributed by atoms with van der Waals surface area (Å²) in [6, 6.07) is 3.42. The van der Waals surface area contributed by atoms with Crippen LogP contribution in [0.2, 0.25) is 10.0 Å². The van der Waals surface area contributed by atoms with Gasteiger partial charge >= 0.3 is 0 Å². The highest BCUT2D eigenvalue weighted by Gasteiger charge is 2.28. The molecule has 0 atom stereocenters. The Morgan fingerprint density at radius 3 is 2.08 bits per heavy atom. The quantitative estimate of drug-likeness (QED) is 0.602. The van der Waals surface area contributed by atoms with Gasteiger partial charge in [0.25, 0.3) is 5.69 Å². The van der Waals surface area contributed by atoms with Gasteiger partial charge in [0, 0.05) is 44.4 Å². The lowest BCUT2D eigenvalue weighted by Crippen LogP contribution is -2.53. The van der Waals surface area contributed by atoms with Gasteiger partial charge < -0.3 is 9.80 Å². The summed E-state index contributed by atoms with van der Waals surface area (Å²) in [4.78, 5) is 17.5. The smallest absolute Gasteiger partial charge is 0.272 e. The number of nitro benzene ring substituents is 1. The van der Waals surface area contributed by atoms with Crippen molar-refractivity contribution in [3.63, 3.8) is 0 Å². The lowest BCUT2D eigenvalue weighted by atomic mass is 10.0. The third-order valence-corrected chi connectivity index (χ3v) is 5.62. The van der Waals surface area contributed by atoms with Gasteiger partial charge in [0.05, 0.1) is 20.7 Å². The van der Waals surface area contributed by atoms with Gasteiger partial charge in [-0.15, -0.1) is 0 Å². The molecule has 2 saturated heterocycles. The molecule has 24 heavy (non-hydrogen) atoms. The van der Waals surface area contributed by atoms with Gasteiger partial charge in [0.15, 0.2) is 0 Å². The summed E-state index contributed by atoms with van der Waals surface area (Å²) in [6.07, 6.45) is 2.44. The molecule has 0 unspecified atom stereocenters. The molecule has 0 amide bonds. The van der Waals surface area contributed by atoms with Crippen LogP contribution in [-0.2, 0) is 0 Å². The number of benzene rings is 1. The molecule has 0 radical (unpaired) electrons. The molecule has 6 nitrogen and oxygen atoms in total. The molecule has 0 bridgehead atoms. The fourth-order valence-electron chi connectivity index (χ4n) is 3.63. The number of halogens is 2. The second-order valence-corrected chi connectivity index (χ2v) is 7.39. The molecule has 0 aromatic heterocycles. The summed E-state index contributed by atoms with van der Waals surface area (Å²) in [6.45, 7) is 5.93. The van der Waals surface area contributed by atoms with Gasteiger partial charge in [0.1, 0.15) is 0 Å². The van der Waals surface area contributed by atoms with Crippen LogP contribution < -0.4 is 4.90 Å². The van der Waals surface area contributed by atoms with Crippen molar-refractivity contribution in [3.05, 3.63) is 32.3 Å². The lowest BCUT2D eigenvalue weighted by Gasteiger charge is -2.43. The van der Waals surface area contributed by atoms with Gasteiger partial charge in [-0.3, -0.25) is 15.0 Å². The van der Waals surface area contributed by atoms with Crippen LogP contribution in [0.1, 0.15) is 12.8 Å². The molecular weight excluding hydrogens is 351 g/mol. The average molecular weight is 373 g/mol. The number of likely N-dealkylation sites (tertiary alicyclic amines) is 1. The molecule has 1 aromatic rings. The molecule has 3 rings (SSSR count). The van der Waals surface area contributed by atoms with Crippen molar-refractivity contribution in [2.75, 3.05) is 51.2 Å². The number of hydrogen-bond donors (Lipinski definition) is 0. The molecule has 2 fully saturated rings. The monoisotopic (exact) mass is 372 g/mol. The van der Waals surface area contributed by atoms with Gasteiger partial charge in [-0.2, -0.15) is 0 Å². The van der Waals surface area contributed by atoms with E-state index in [9.17, 15) is 10.1 Å². The maximum atomic E-state index is 10.9. The number of anilines is 1. The Labute approximate surface area is 152 Å². The standard InChI is InChI=1S/C16H22Cl2N4O2/c1-19-4-2-12(3-5-19)20-6-8-21(9-7-20)16-14(17)10-13(22(23)24)11-15(16)18/h10-12H,2-9H2,1H3. The van der Waals surface area contributed by atoms with Crippen molar-refractivity contribution in [1.82, 2.24) is 9.80 Å². The summed E-state index contributed by atoms with van der Waals surface area (Å²) in [7, 11) is 2.17. The third-order valence-electron chi connectivity index (χ3n) is 5.05. The highest BCUT2D eigenvalue weighted by atomic mass is 35.5. The molecule has 0 spiro atoms. The van der Waals surface area contributed by atoms with Crippen LogP contribution in [0.3, 0.4) is 0 Å². The predicted molar refractivity (Wildman–Crippen MR) is 97.4 cm³/mol. The zero-order valence-electron chi connectivity index (χ0n) is 13.8. The van der Waals surface area contributed by atoms with E-state index in [4.69, 9.17) is 23.2 Å². The van der Waals surface area contributed by atoms with Crippen LogP contribution >= 0.6 is 23.2 Å². The van der Waals surface area contributed by atoms with Gasteiger partial charge in [0.2, 0.25) is 0 Å². The van der Waals surface area contributed by atoms with Crippen LogP contribution in [0.15, 0.2) is 12.1 Å². The Morgan fingerprint density at radius 2 is 1.58 bits per heavy atom. The number of nitro groups is 1. The zero-order valence-corrected chi connectivity index (χ0v) is 15.3. The molecule has 2 heterocycles. The second-order valence-electron chi connectivity index (χ2n) is 6.57. The normalized spacial score (nSPS) is 21.2. The van der Waals surface area contributed by atoms with E-state index >= 15 is 0 Å². The van der Waals surface area contributed by atoms with Crippen LogP contribution in [0, 0.1) is 10.1 Å². The Balaban J connectivity index is 1.65. The van der Waals surface area contributed by atoms with Gasteiger partial charge in [-0.05, 0) is 33.0 Å². The molecule has 2 aliphatic rings. The van der Waals surface area contributed by atoms with Crippen LogP contribution in [-0.4, -0.2) is 67.1 Å². The largest absolute Gasteiger partial charge is 0.367 e. The minimum absolute atomic E-state index is 0.0706. The van der Waals surface area contributed by atoms with Crippen molar-refractivity contribution in [1.29, 1.82) is 0 Å². The zero-order chi connectivity index (χ0) is 17.3. The highest BCUT2D eigenvalue weighted by Crippen LogP contribution is 2.38. The minimum atomic E-state index is -0.473. The maximum Gasteiger partial charge on any atom is 0.272 e. The summed E-state index contributed by atoms with van der Waals surface area (Å²) >= 11 is 12.5. The van der Waals surface area contributed by atoms with Crippen molar-refractivity contribution in [2.24, 2.45) is 0 Å². The van der Waals surface area contributed by atoms with E-state index in [0.29, 0.717) is 21.8 Å².